The maximum Gasteiger partial charge on any atom is 0.490 e. The molecule has 3 rings (SSSR count). The van der Waals surface area contributed by atoms with Gasteiger partial charge in [-0.05, 0) is 50.5 Å². The molecular formula is C26H28F3N3O6S. The monoisotopic (exact) mass is 567 g/mol. The van der Waals surface area contributed by atoms with E-state index in [0.717, 1.165) is 11.1 Å². The summed E-state index contributed by atoms with van der Waals surface area (Å²) in [4.78, 5) is 27.2. The second-order valence-electron chi connectivity index (χ2n) is 8.54. The van der Waals surface area contributed by atoms with E-state index < -0.39 is 28.1 Å². The Balaban J connectivity index is 0.000000673. The Morgan fingerprint density at radius 2 is 1.54 bits per heavy atom. The molecule has 0 fully saturated rings. The van der Waals surface area contributed by atoms with Crippen molar-refractivity contribution in [3.63, 3.8) is 0 Å². The second-order valence-corrected chi connectivity index (χ2v) is 10.2. The number of benzene rings is 2. The number of pyridine rings is 1. The van der Waals surface area contributed by atoms with Gasteiger partial charge < -0.3 is 15.1 Å². The number of nitrogens with zero attached hydrogens (tertiary/aromatic N) is 2. The number of rotatable bonds is 8. The topological polar surface area (TPSA) is 137 Å². The van der Waals surface area contributed by atoms with Crippen LogP contribution in [0.3, 0.4) is 0 Å². The number of anilines is 2. The van der Waals surface area contributed by atoms with Crippen molar-refractivity contribution in [3.8, 4) is 0 Å². The van der Waals surface area contributed by atoms with Gasteiger partial charge in [-0.1, -0.05) is 48.0 Å². The number of alkyl halides is 3. The van der Waals surface area contributed by atoms with Crippen molar-refractivity contribution < 1.29 is 41.4 Å². The van der Waals surface area contributed by atoms with Gasteiger partial charge in [0.15, 0.2) is 0 Å². The van der Waals surface area contributed by atoms with Crippen LogP contribution in [-0.4, -0.2) is 48.3 Å². The van der Waals surface area contributed by atoms with E-state index in [1.54, 1.807) is 26.0 Å². The summed E-state index contributed by atoms with van der Waals surface area (Å²) < 4.78 is 60.3. The van der Waals surface area contributed by atoms with E-state index in [1.165, 1.54) is 12.3 Å². The Labute approximate surface area is 224 Å². The largest absolute Gasteiger partial charge is 0.490 e. The molecule has 0 unspecified atom stereocenters. The Morgan fingerprint density at radius 1 is 1.00 bits per heavy atom. The maximum absolute atomic E-state index is 13.1. The molecule has 1 aromatic heterocycles. The van der Waals surface area contributed by atoms with Crippen LogP contribution in [0.1, 0.15) is 39.5 Å². The predicted octanol–water partition coefficient (Wildman–Crippen LogP) is 5.17. The van der Waals surface area contributed by atoms with Gasteiger partial charge in [-0.3, -0.25) is 4.72 Å². The van der Waals surface area contributed by atoms with E-state index in [0.29, 0.717) is 24.2 Å². The molecule has 0 amide bonds. The van der Waals surface area contributed by atoms with Crippen LogP contribution in [0.25, 0.3) is 0 Å². The first-order chi connectivity index (χ1) is 18.1. The lowest BCUT2D eigenvalue weighted by Crippen LogP contribution is -2.26. The summed E-state index contributed by atoms with van der Waals surface area (Å²) in [6.45, 7) is 8.31. The number of carboxylic acid groups (broad SMARTS) is 2. The van der Waals surface area contributed by atoms with E-state index in [9.17, 15) is 31.5 Å². The number of aliphatic carboxylic acids is 1. The van der Waals surface area contributed by atoms with Crippen LogP contribution in [0, 0.1) is 20.8 Å². The summed E-state index contributed by atoms with van der Waals surface area (Å²) in [5.74, 6) is -3.65. The van der Waals surface area contributed by atoms with Crippen LogP contribution in [0.5, 0.6) is 0 Å². The molecule has 0 aliphatic heterocycles. The van der Waals surface area contributed by atoms with Gasteiger partial charge in [-0.25, -0.2) is 23.0 Å². The third-order valence-electron chi connectivity index (χ3n) is 5.36. The molecule has 3 aromatic rings. The Hall–Kier alpha value is -4.13. The molecule has 0 saturated heterocycles. The number of aromatic carboxylic acids is 1. The first kappa shape index (κ1) is 31.1. The highest BCUT2D eigenvalue weighted by Crippen LogP contribution is 2.27. The quantitative estimate of drug-likeness (QED) is 0.339. The number of aromatic nitrogens is 1. The van der Waals surface area contributed by atoms with Crippen LogP contribution in [-0.2, 0) is 21.4 Å². The van der Waals surface area contributed by atoms with Gasteiger partial charge >= 0.3 is 18.1 Å². The molecule has 9 nitrogen and oxygen atoms in total. The van der Waals surface area contributed by atoms with E-state index in [-0.39, 0.29) is 22.0 Å². The van der Waals surface area contributed by atoms with Gasteiger partial charge in [0, 0.05) is 13.1 Å². The molecule has 2 aromatic carbocycles. The van der Waals surface area contributed by atoms with Crippen molar-refractivity contribution in [1.29, 1.82) is 0 Å². The molecule has 0 radical (unpaired) electrons. The van der Waals surface area contributed by atoms with Crippen molar-refractivity contribution in [1.82, 2.24) is 4.98 Å². The van der Waals surface area contributed by atoms with Gasteiger partial charge in [0.05, 0.1) is 16.8 Å². The molecular weight excluding hydrogens is 539 g/mol. The summed E-state index contributed by atoms with van der Waals surface area (Å²) in [5, 5.41) is 16.9. The van der Waals surface area contributed by atoms with Crippen molar-refractivity contribution in [2.75, 3.05) is 16.2 Å². The lowest BCUT2D eigenvalue weighted by Gasteiger charge is -2.24. The predicted molar refractivity (Wildman–Crippen MR) is 140 cm³/mol. The molecule has 0 atom stereocenters. The molecule has 0 spiro atoms. The Bertz CT molecular complexity index is 1420. The molecule has 0 saturated carbocycles. The minimum Gasteiger partial charge on any atom is -0.478 e. The maximum atomic E-state index is 13.1. The zero-order valence-corrected chi connectivity index (χ0v) is 22.4. The first-order valence-corrected chi connectivity index (χ1v) is 13.0. The molecule has 0 bridgehead atoms. The van der Waals surface area contributed by atoms with Crippen molar-refractivity contribution in [3.05, 3.63) is 82.5 Å². The third-order valence-corrected chi connectivity index (χ3v) is 7.05. The van der Waals surface area contributed by atoms with Gasteiger partial charge in [-0.15, -0.1) is 0 Å². The summed E-state index contributed by atoms with van der Waals surface area (Å²) in [5.41, 5.74) is 3.26. The van der Waals surface area contributed by atoms with E-state index in [2.05, 4.69) is 9.71 Å². The zero-order chi connectivity index (χ0) is 29.5. The van der Waals surface area contributed by atoms with Gasteiger partial charge in [0.1, 0.15) is 11.4 Å². The van der Waals surface area contributed by atoms with Gasteiger partial charge in [-0.2, -0.15) is 13.2 Å². The summed E-state index contributed by atoms with van der Waals surface area (Å²) in [7, 11) is -3.92. The number of nitrogens with one attached hydrogen (secondary N) is 1. The van der Waals surface area contributed by atoms with Crippen LogP contribution in [0.2, 0.25) is 0 Å². The first-order valence-electron chi connectivity index (χ1n) is 11.5. The Kier molecular flexibility index (Phi) is 10.1. The highest BCUT2D eigenvalue weighted by Gasteiger charge is 2.38. The number of halogens is 3. The van der Waals surface area contributed by atoms with Crippen LogP contribution in [0.15, 0.2) is 59.6 Å². The number of hydrogen-bond donors (Lipinski definition) is 3. The second kappa shape index (κ2) is 12.6. The molecule has 0 aliphatic rings. The van der Waals surface area contributed by atoms with E-state index in [4.69, 9.17) is 9.90 Å². The van der Waals surface area contributed by atoms with Crippen LogP contribution in [0.4, 0.5) is 24.7 Å². The normalized spacial score (nSPS) is 11.3. The van der Waals surface area contributed by atoms with E-state index in [1.807, 2.05) is 49.1 Å². The van der Waals surface area contributed by atoms with Crippen molar-refractivity contribution >= 4 is 33.5 Å². The van der Waals surface area contributed by atoms with Crippen LogP contribution < -0.4 is 9.62 Å². The number of carbonyl (C=O) groups is 2. The molecule has 13 heteroatoms. The minimum absolute atomic E-state index is 0.0691. The highest BCUT2D eigenvalue weighted by molar-refractivity contribution is 7.92. The number of hydrogen-bond acceptors (Lipinski definition) is 6. The Morgan fingerprint density at radius 3 is 2.00 bits per heavy atom. The third kappa shape index (κ3) is 8.43. The smallest absolute Gasteiger partial charge is 0.478 e. The number of aryl methyl sites for hydroxylation is 3. The summed E-state index contributed by atoms with van der Waals surface area (Å²) in [6, 6.07) is 14.6. The van der Waals surface area contributed by atoms with Crippen molar-refractivity contribution in [2.24, 2.45) is 0 Å². The molecule has 210 valence electrons. The summed E-state index contributed by atoms with van der Waals surface area (Å²) in [6.07, 6.45) is -3.73. The average molecular weight is 568 g/mol. The zero-order valence-electron chi connectivity index (χ0n) is 21.6. The fraction of sp³-hybridized carbons (Fsp3) is 0.269. The molecule has 39 heavy (non-hydrogen) atoms. The standard InChI is InChI=1S/C24H27N3O4S.C2HF3O2/c1-5-27(15-19-9-7-6-8-10-19)23-21(24(28)29)13-20(14-25-23)26-32(30,31)22-17(3)11-16(2)12-18(22)4;3-2(4,5)1(6)7/h6-14,26H,5,15H2,1-4H3,(H,28,29);(H,6,7). The number of sulfonamides is 1. The van der Waals surface area contributed by atoms with Gasteiger partial charge in [0.2, 0.25) is 0 Å². The molecule has 3 N–H and O–H groups in total. The minimum atomic E-state index is -5.08. The molecule has 0 aliphatic carbocycles. The van der Waals surface area contributed by atoms with Crippen LogP contribution >= 0.6 is 0 Å². The number of carboxylic acids is 2. The van der Waals surface area contributed by atoms with Crippen molar-refractivity contribution in [2.45, 2.75) is 45.3 Å². The average Bonchev–Trinajstić information content (AvgIpc) is 2.82. The van der Waals surface area contributed by atoms with Gasteiger partial charge in [0.25, 0.3) is 10.0 Å². The summed E-state index contributed by atoms with van der Waals surface area (Å²) >= 11 is 0. The lowest BCUT2D eigenvalue weighted by atomic mass is 10.1. The van der Waals surface area contributed by atoms with E-state index >= 15 is 0 Å². The SMILES string of the molecule is CCN(Cc1ccccc1)c1ncc(NS(=O)(=O)c2c(C)cc(C)cc2C)cc1C(=O)O.O=C(O)C(F)(F)F. The highest BCUT2D eigenvalue weighted by atomic mass is 32.2. The fourth-order valence-electron chi connectivity index (χ4n) is 3.86. The lowest BCUT2D eigenvalue weighted by molar-refractivity contribution is -0.192. The molecule has 1 heterocycles. The fourth-order valence-corrected chi connectivity index (χ4v) is 5.35.